The number of hydrogen-bond acceptors (Lipinski definition) is 1. The maximum atomic E-state index is 3.75. The Bertz CT molecular complexity index is 153. The van der Waals surface area contributed by atoms with Gasteiger partial charge in [0.15, 0.2) is 0 Å². The molecule has 0 saturated carbocycles. The smallest absolute Gasteiger partial charge is 0.00986 e. The first kappa shape index (κ1) is 8.55. The molecule has 70 valence electrons. The summed E-state index contributed by atoms with van der Waals surface area (Å²) in [6, 6.07) is 1.77. The molecule has 12 heavy (non-hydrogen) atoms. The molecule has 2 rings (SSSR count). The Morgan fingerprint density at radius 3 is 2.67 bits per heavy atom. The summed E-state index contributed by atoms with van der Waals surface area (Å²) in [5.41, 5.74) is 0. The van der Waals surface area contributed by atoms with Gasteiger partial charge in [-0.3, -0.25) is 0 Å². The first-order valence-electron chi connectivity index (χ1n) is 5.51. The highest BCUT2D eigenvalue weighted by Crippen LogP contribution is 2.34. The van der Waals surface area contributed by atoms with E-state index >= 15 is 0 Å². The minimum Gasteiger partial charge on any atom is -0.311 e. The van der Waals surface area contributed by atoms with Crippen LogP contribution < -0.4 is 5.32 Å². The van der Waals surface area contributed by atoms with Crippen molar-refractivity contribution in [3.63, 3.8) is 0 Å². The highest BCUT2D eigenvalue weighted by atomic mass is 15.0. The average Bonchev–Trinajstić information content (AvgIpc) is 2.39. The van der Waals surface area contributed by atoms with Gasteiger partial charge in [0.2, 0.25) is 0 Å². The van der Waals surface area contributed by atoms with Gasteiger partial charge in [-0.05, 0) is 43.9 Å². The zero-order valence-electron chi connectivity index (χ0n) is 8.34. The second-order valence-corrected chi connectivity index (χ2v) is 5.01. The maximum Gasteiger partial charge on any atom is 0.00986 e. The van der Waals surface area contributed by atoms with Crippen molar-refractivity contribution in [2.45, 2.75) is 58.0 Å². The van der Waals surface area contributed by atoms with E-state index in [9.17, 15) is 0 Å². The summed E-state index contributed by atoms with van der Waals surface area (Å²) >= 11 is 0. The highest BCUT2D eigenvalue weighted by Gasteiger charge is 2.34. The van der Waals surface area contributed by atoms with Crippen molar-refractivity contribution in [1.29, 1.82) is 0 Å². The van der Waals surface area contributed by atoms with Gasteiger partial charge >= 0.3 is 0 Å². The van der Waals surface area contributed by atoms with E-state index in [-0.39, 0.29) is 0 Å². The second-order valence-electron chi connectivity index (χ2n) is 5.01. The standard InChI is InChI=1S/C11H21N/c1-8(2)7-9-3-4-10-5-6-11(9)12-10/h8-12H,3-7H2,1-2H3/t9-,10+,11+/m0/s1. The van der Waals surface area contributed by atoms with Crippen LogP contribution in [0.4, 0.5) is 0 Å². The van der Waals surface area contributed by atoms with Gasteiger partial charge in [-0.2, -0.15) is 0 Å². The number of hydrogen-bond donors (Lipinski definition) is 1. The highest BCUT2D eigenvalue weighted by molar-refractivity contribution is 4.93. The average molecular weight is 167 g/mol. The van der Waals surface area contributed by atoms with Crippen LogP contribution in [0, 0.1) is 11.8 Å². The Morgan fingerprint density at radius 2 is 1.92 bits per heavy atom. The summed E-state index contributed by atoms with van der Waals surface area (Å²) in [5, 5.41) is 3.75. The first-order chi connectivity index (χ1) is 5.75. The van der Waals surface area contributed by atoms with Crippen LogP contribution in [0.25, 0.3) is 0 Å². The van der Waals surface area contributed by atoms with Gasteiger partial charge < -0.3 is 5.32 Å². The molecule has 0 unspecified atom stereocenters. The number of piperidine rings is 1. The van der Waals surface area contributed by atoms with Crippen molar-refractivity contribution >= 4 is 0 Å². The van der Waals surface area contributed by atoms with Gasteiger partial charge in [0, 0.05) is 12.1 Å². The molecule has 1 N–H and O–H groups in total. The molecule has 0 aromatic rings. The Hall–Kier alpha value is -0.0400. The van der Waals surface area contributed by atoms with Crippen molar-refractivity contribution in [2.24, 2.45) is 11.8 Å². The van der Waals surface area contributed by atoms with E-state index in [2.05, 4.69) is 19.2 Å². The fraction of sp³-hybridized carbons (Fsp3) is 1.00. The molecule has 0 spiro atoms. The molecule has 0 amide bonds. The van der Waals surface area contributed by atoms with E-state index in [4.69, 9.17) is 0 Å². The van der Waals surface area contributed by atoms with Gasteiger partial charge in [-0.1, -0.05) is 13.8 Å². The van der Waals surface area contributed by atoms with Crippen molar-refractivity contribution in [3.05, 3.63) is 0 Å². The van der Waals surface area contributed by atoms with E-state index in [1.54, 1.807) is 0 Å². The summed E-state index contributed by atoms with van der Waals surface area (Å²) in [6.07, 6.45) is 7.25. The molecule has 2 heterocycles. The lowest BCUT2D eigenvalue weighted by Gasteiger charge is -2.31. The molecule has 0 radical (unpaired) electrons. The van der Waals surface area contributed by atoms with Gasteiger partial charge in [0.25, 0.3) is 0 Å². The Morgan fingerprint density at radius 1 is 1.17 bits per heavy atom. The number of rotatable bonds is 2. The summed E-state index contributed by atoms with van der Waals surface area (Å²) in [5.74, 6) is 1.87. The van der Waals surface area contributed by atoms with E-state index in [1.165, 1.54) is 32.1 Å². The molecule has 2 aliphatic rings. The van der Waals surface area contributed by atoms with Crippen molar-refractivity contribution < 1.29 is 0 Å². The minimum absolute atomic E-state index is 0.881. The van der Waals surface area contributed by atoms with E-state index in [0.717, 1.165) is 23.9 Å². The van der Waals surface area contributed by atoms with Gasteiger partial charge in [0.1, 0.15) is 0 Å². The van der Waals surface area contributed by atoms with Crippen molar-refractivity contribution in [2.75, 3.05) is 0 Å². The second kappa shape index (κ2) is 3.37. The SMILES string of the molecule is CC(C)C[C@@H]1CC[C@@H]2CC[C@H]1N2. The van der Waals surface area contributed by atoms with Crippen LogP contribution in [-0.4, -0.2) is 12.1 Å². The lowest BCUT2D eigenvalue weighted by molar-refractivity contribution is 0.252. The van der Waals surface area contributed by atoms with E-state index < -0.39 is 0 Å². The predicted molar refractivity (Wildman–Crippen MR) is 52.1 cm³/mol. The third-order valence-electron chi connectivity index (χ3n) is 3.51. The molecule has 2 saturated heterocycles. The topological polar surface area (TPSA) is 12.0 Å². The third-order valence-corrected chi connectivity index (χ3v) is 3.51. The molecule has 0 aliphatic carbocycles. The molecular formula is C11H21N. The fourth-order valence-electron chi connectivity index (χ4n) is 2.95. The van der Waals surface area contributed by atoms with Crippen LogP contribution in [0.5, 0.6) is 0 Å². The number of nitrogens with one attached hydrogen (secondary N) is 1. The molecule has 1 nitrogen and oxygen atoms in total. The van der Waals surface area contributed by atoms with Crippen molar-refractivity contribution in [1.82, 2.24) is 5.32 Å². The summed E-state index contributed by atoms with van der Waals surface area (Å²) in [4.78, 5) is 0. The van der Waals surface area contributed by atoms with Crippen LogP contribution in [0.2, 0.25) is 0 Å². The Labute approximate surface area is 75.9 Å². The molecule has 0 aromatic carbocycles. The summed E-state index contributed by atoms with van der Waals surface area (Å²) in [7, 11) is 0. The largest absolute Gasteiger partial charge is 0.311 e. The Kier molecular flexibility index (Phi) is 2.40. The molecule has 2 fully saturated rings. The van der Waals surface area contributed by atoms with Crippen LogP contribution in [-0.2, 0) is 0 Å². The minimum atomic E-state index is 0.881. The van der Waals surface area contributed by atoms with Gasteiger partial charge in [-0.15, -0.1) is 0 Å². The molecule has 2 aliphatic heterocycles. The molecule has 1 heteroatoms. The predicted octanol–water partition coefficient (Wildman–Crippen LogP) is 2.56. The van der Waals surface area contributed by atoms with Crippen molar-refractivity contribution in [3.8, 4) is 0 Å². The first-order valence-corrected chi connectivity index (χ1v) is 5.51. The Balaban J connectivity index is 1.89. The van der Waals surface area contributed by atoms with Crippen LogP contribution >= 0.6 is 0 Å². The molecule has 2 bridgehead atoms. The lowest BCUT2D eigenvalue weighted by atomic mass is 9.85. The monoisotopic (exact) mass is 167 g/mol. The van der Waals surface area contributed by atoms with Gasteiger partial charge in [-0.25, -0.2) is 0 Å². The van der Waals surface area contributed by atoms with E-state index in [0.29, 0.717) is 0 Å². The summed E-state index contributed by atoms with van der Waals surface area (Å²) < 4.78 is 0. The molecule has 0 aromatic heterocycles. The normalized spacial score (nSPS) is 40.8. The van der Waals surface area contributed by atoms with E-state index in [1.807, 2.05) is 0 Å². The van der Waals surface area contributed by atoms with Crippen LogP contribution in [0.15, 0.2) is 0 Å². The summed E-state index contributed by atoms with van der Waals surface area (Å²) in [6.45, 7) is 4.70. The lowest BCUT2D eigenvalue weighted by Crippen LogP contribution is -2.40. The zero-order chi connectivity index (χ0) is 8.55. The van der Waals surface area contributed by atoms with Gasteiger partial charge in [0.05, 0.1) is 0 Å². The molecular weight excluding hydrogens is 146 g/mol. The zero-order valence-corrected chi connectivity index (χ0v) is 8.34. The quantitative estimate of drug-likeness (QED) is 0.666. The third kappa shape index (κ3) is 1.66. The maximum absolute atomic E-state index is 3.75. The number of fused-ring (bicyclic) bond motifs is 2. The fourth-order valence-corrected chi connectivity index (χ4v) is 2.95. The molecule has 3 atom stereocenters. The van der Waals surface area contributed by atoms with Crippen LogP contribution in [0.3, 0.4) is 0 Å². The van der Waals surface area contributed by atoms with Crippen LogP contribution in [0.1, 0.15) is 46.0 Å².